The van der Waals surface area contributed by atoms with Gasteiger partial charge in [-0.15, -0.1) is 23.7 Å². The Balaban J connectivity index is 0.00000300. The van der Waals surface area contributed by atoms with Gasteiger partial charge in [0, 0.05) is 35.6 Å². The van der Waals surface area contributed by atoms with Gasteiger partial charge in [-0.3, -0.25) is 4.90 Å². The Kier molecular flexibility index (Phi) is 8.92. The Morgan fingerprint density at radius 2 is 1.48 bits per heavy atom. The molecule has 2 aromatic carbocycles. The molecule has 0 bridgehead atoms. The lowest BCUT2D eigenvalue weighted by Crippen LogP contribution is -2.26. The molecule has 0 saturated heterocycles. The molecule has 7 heteroatoms. The predicted molar refractivity (Wildman–Crippen MR) is 124 cm³/mol. The zero-order chi connectivity index (χ0) is 19.9. The summed E-state index contributed by atoms with van der Waals surface area (Å²) in [6, 6.07) is 16.2. The van der Waals surface area contributed by atoms with Crippen LogP contribution in [0.25, 0.3) is 21.8 Å². The Hall–Kier alpha value is -2.12. The number of aromatic nitrogens is 1. The van der Waals surface area contributed by atoms with Crippen molar-refractivity contribution < 1.29 is 9.47 Å². The van der Waals surface area contributed by atoms with Gasteiger partial charge >= 0.3 is 0 Å². The van der Waals surface area contributed by atoms with Crippen LogP contribution in [0.5, 0.6) is 11.5 Å². The van der Waals surface area contributed by atoms with Gasteiger partial charge in [0.25, 0.3) is 0 Å². The molecule has 0 radical (unpaired) electrons. The molecular weight excluding hydrogens is 406 g/mol. The van der Waals surface area contributed by atoms with E-state index >= 15 is 0 Å². The molecule has 1 heterocycles. The Labute approximate surface area is 183 Å². The normalized spacial score (nSPS) is 10.7. The zero-order valence-corrected chi connectivity index (χ0v) is 18.9. The summed E-state index contributed by atoms with van der Waals surface area (Å²) in [5.41, 5.74) is 3.24. The molecule has 1 aromatic heterocycles. The van der Waals surface area contributed by atoms with Gasteiger partial charge in [-0.05, 0) is 62.6 Å². The van der Waals surface area contributed by atoms with E-state index in [1.54, 1.807) is 25.6 Å². The van der Waals surface area contributed by atoms with Crippen molar-refractivity contribution in [2.45, 2.75) is 6.54 Å². The molecule has 0 saturated carbocycles. The highest BCUT2D eigenvalue weighted by atomic mass is 35.5. The van der Waals surface area contributed by atoms with Gasteiger partial charge in [-0.25, -0.2) is 4.98 Å². The largest absolute Gasteiger partial charge is 0.497 e. The summed E-state index contributed by atoms with van der Waals surface area (Å²) in [5.74, 6) is 1.70. The van der Waals surface area contributed by atoms with Crippen LogP contribution in [0, 0.1) is 0 Å². The SMILES string of the molecule is CNCCN(C)Cc1sc(-c2ccc(OC)cc2)nc1-c1ccc(OC)cc1.Cl. The minimum atomic E-state index is 0. The molecule has 29 heavy (non-hydrogen) atoms. The lowest BCUT2D eigenvalue weighted by Gasteiger charge is -2.16. The van der Waals surface area contributed by atoms with Crippen LogP contribution in [-0.2, 0) is 6.54 Å². The van der Waals surface area contributed by atoms with Gasteiger partial charge < -0.3 is 14.8 Å². The molecule has 0 atom stereocenters. The summed E-state index contributed by atoms with van der Waals surface area (Å²) in [6.07, 6.45) is 0. The van der Waals surface area contributed by atoms with Gasteiger partial charge in [-0.1, -0.05) is 0 Å². The molecule has 0 aliphatic carbocycles. The Morgan fingerprint density at radius 1 is 0.931 bits per heavy atom. The fourth-order valence-corrected chi connectivity index (χ4v) is 4.09. The number of methoxy groups -OCH3 is 2. The monoisotopic (exact) mass is 433 g/mol. The number of nitrogens with one attached hydrogen (secondary N) is 1. The standard InChI is InChI=1S/C22H27N3O2S.ClH/c1-23-13-14-25(2)15-20-21(16-5-9-18(26-3)10-6-16)24-22(28-20)17-7-11-19(27-4)12-8-17;/h5-12,23H,13-15H2,1-4H3;1H. The van der Waals surface area contributed by atoms with Crippen LogP contribution in [0.15, 0.2) is 48.5 Å². The van der Waals surface area contributed by atoms with Crippen molar-refractivity contribution in [3.8, 4) is 33.3 Å². The van der Waals surface area contributed by atoms with Crippen molar-refractivity contribution >= 4 is 23.7 Å². The van der Waals surface area contributed by atoms with E-state index in [0.29, 0.717) is 0 Å². The van der Waals surface area contributed by atoms with E-state index in [-0.39, 0.29) is 12.4 Å². The quantitative estimate of drug-likeness (QED) is 0.535. The first-order chi connectivity index (χ1) is 13.6. The number of ether oxygens (including phenoxy) is 2. The average molecular weight is 434 g/mol. The summed E-state index contributed by atoms with van der Waals surface area (Å²) in [6.45, 7) is 2.80. The molecule has 0 aliphatic heterocycles. The van der Waals surface area contributed by atoms with Gasteiger partial charge in [0.05, 0.1) is 19.9 Å². The summed E-state index contributed by atoms with van der Waals surface area (Å²) >= 11 is 1.75. The minimum Gasteiger partial charge on any atom is -0.497 e. The summed E-state index contributed by atoms with van der Waals surface area (Å²) in [4.78, 5) is 8.56. The van der Waals surface area contributed by atoms with Gasteiger partial charge in [-0.2, -0.15) is 0 Å². The second kappa shape index (κ2) is 11.2. The molecule has 3 rings (SSSR count). The Bertz CT molecular complexity index is 882. The smallest absolute Gasteiger partial charge is 0.124 e. The number of rotatable bonds is 9. The maximum atomic E-state index is 5.30. The minimum absolute atomic E-state index is 0. The highest BCUT2D eigenvalue weighted by molar-refractivity contribution is 7.15. The first kappa shape index (κ1) is 23.2. The van der Waals surface area contributed by atoms with E-state index in [4.69, 9.17) is 14.5 Å². The fraction of sp³-hybridized carbons (Fsp3) is 0.318. The van der Waals surface area contributed by atoms with E-state index in [0.717, 1.165) is 53.0 Å². The number of benzene rings is 2. The number of hydrogen-bond donors (Lipinski definition) is 1. The highest BCUT2D eigenvalue weighted by Gasteiger charge is 2.16. The van der Waals surface area contributed by atoms with Crippen LogP contribution in [0.2, 0.25) is 0 Å². The molecule has 0 fully saturated rings. The lowest BCUT2D eigenvalue weighted by molar-refractivity contribution is 0.331. The third-order valence-electron chi connectivity index (χ3n) is 4.55. The van der Waals surface area contributed by atoms with Crippen LogP contribution < -0.4 is 14.8 Å². The van der Waals surface area contributed by atoms with E-state index in [1.165, 1.54) is 4.88 Å². The number of thiazole rings is 1. The third-order valence-corrected chi connectivity index (χ3v) is 5.64. The van der Waals surface area contributed by atoms with Gasteiger partial charge in [0.15, 0.2) is 0 Å². The summed E-state index contributed by atoms with van der Waals surface area (Å²) in [5, 5.41) is 4.22. The molecule has 156 valence electrons. The van der Waals surface area contributed by atoms with Crippen molar-refractivity contribution in [3.05, 3.63) is 53.4 Å². The number of likely N-dealkylation sites (N-methyl/N-ethyl adjacent to an activating group) is 2. The molecule has 0 spiro atoms. The van der Waals surface area contributed by atoms with Crippen LogP contribution in [0.1, 0.15) is 4.88 Å². The van der Waals surface area contributed by atoms with E-state index in [9.17, 15) is 0 Å². The first-order valence-corrected chi connectivity index (χ1v) is 10.1. The van der Waals surface area contributed by atoms with Crippen molar-refractivity contribution in [2.24, 2.45) is 0 Å². The number of halogens is 1. The molecule has 0 aliphatic rings. The van der Waals surface area contributed by atoms with Crippen molar-refractivity contribution in [1.29, 1.82) is 0 Å². The third kappa shape index (κ3) is 5.93. The van der Waals surface area contributed by atoms with Gasteiger partial charge in [0.2, 0.25) is 0 Å². The van der Waals surface area contributed by atoms with E-state index in [2.05, 4.69) is 41.5 Å². The average Bonchev–Trinajstić information content (AvgIpc) is 3.16. The summed E-state index contributed by atoms with van der Waals surface area (Å²) < 4.78 is 10.6. The second-order valence-corrected chi connectivity index (χ2v) is 7.67. The number of hydrogen-bond acceptors (Lipinski definition) is 6. The second-order valence-electron chi connectivity index (χ2n) is 6.59. The van der Waals surface area contributed by atoms with Crippen LogP contribution in [-0.4, -0.2) is 51.3 Å². The van der Waals surface area contributed by atoms with Crippen molar-refractivity contribution in [2.75, 3.05) is 41.4 Å². The molecular formula is C22H28ClN3O2S. The van der Waals surface area contributed by atoms with Crippen molar-refractivity contribution in [1.82, 2.24) is 15.2 Å². The molecule has 3 aromatic rings. The van der Waals surface area contributed by atoms with Crippen LogP contribution in [0.4, 0.5) is 0 Å². The predicted octanol–water partition coefficient (Wildman–Crippen LogP) is 4.57. The fourth-order valence-electron chi connectivity index (χ4n) is 2.92. The van der Waals surface area contributed by atoms with E-state index < -0.39 is 0 Å². The molecule has 0 unspecified atom stereocenters. The summed E-state index contributed by atoms with van der Waals surface area (Å²) in [7, 11) is 7.48. The number of nitrogens with zero attached hydrogens (tertiary/aromatic N) is 2. The maximum Gasteiger partial charge on any atom is 0.124 e. The Morgan fingerprint density at radius 3 is 2.00 bits per heavy atom. The zero-order valence-electron chi connectivity index (χ0n) is 17.3. The molecule has 5 nitrogen and oxygen atoms in total. The lowest BCUT2D eigenvalue weighted by atomic mass is 10.1. The van der Waals surface area contributed by atoms with Crippen LogP contribution >= 0.6 is 23.7 Å². The van der Waals surface area contributed by atoms with E-state index in [1.807, 2.05) is 31.3 Å². The highest BCUT2D eigenvalue weighted by Crippen LogP contribution is 2.35. The van der Waals surface area contributed by atoms with Crippen molar-refractivity contribution in [3.63, 3.8) is 0 Å². The molecule has 0 amide bonds. The maximum absolute atomic E-state index is 5.30. The van der Waals surface area contributed by atoms with Crippen LogP contribution in [0.3, 0.4) is 0 Å². The van der Waals surface area contributed by atoms with Gasteiger partial charge in [0.1, 0.15) is 16.5 Å². The topological polar surface area (TPSA) is 46.6 Å². The first-order valence-electron chi connectivity index (χ1n) is 9.26. The molecule has 1 N–H and O–H groups in total.